The maximum atomic E-state index is 12.0. The highest BCUT2D eigenvalue weighted by Crippen LogP contribution is 2.35. The monoisotopic (exact) mass is 302 g/mol. The molecule has 0 fully saturated rings. The molecule has 0 bridgehead atoms. The lowest BCUT2D eigenvalue weighted by Gasteiger charge is -2.09. The first kappa shape index (κ1) is 15.5. The molecule has 6 heteroatoms. The minimum absolute atomic E-state index is 0.00216. The molecule has 1 aromatic rings. The number of carbonyl (C=O) groups excluding carboxylic acids is 2. The molecule has 0 aromatic heterocycles. The predicted molar refractivity (Wildman–Crippen MR) is 72.6 cm³/mol. The molecule has 1 aromatic carbocycles. The Labute approximate surface area is 120 Å². The van der Waals surface area contributed by atoms with E-state index in [9.17, 15) is 9.59 Å². The van der Waals surface area contributed by atoms with Crippen LogP contribution in [0.2, 0.25) is 10.0 Å². The van der Waals surface area contributed by atoms with Crippen molar-refractivity contribution in [3.63, 3.8) is 0 Å². The second kappa shape index (κ2) is 6.59. The molecule has 0 saturated carbocycles. The molecule has 0 aliphatic rings. The van der Waals surface area contributed by atoms with Gasteiger partial charge in [-0.05, 0) is 24.1 Å². The zero-order valence-corrected chi connectivity index (χ0v) is 12.0. The summed E-state index contributed by atoms with van der Waals surface area (Å²) in [5, 5.41) is 0.0311. The van der Waals surface area contributed by atoms with Gasteiger partial charge in [-0.2, -0.15) is 0 Å². The maximum absolute atomic E-state index is 12.0. The molecule has 0 aliphatic carbocycles. The SMILES string of the molecule is C=C(CC)C(=O)c1ccc(OOC(C)=O)c(Cl)c1Cl. The van der Waals surface area contributed by atoms with E-state index >= 15 is 0 Å². The van der Waals surface area contributed by atoms with Crippen LogP contribution in [0.5, 0.6) is 5.75 Å². The largest absolute Gasteiger partial charge is 0.352 e. The zero-order chi connectivity index (χ0) is 14.6. The molecule has 4 nitrogen and oxygen atoms in total. The van der Waals surface area contributed by atoms with E-state index < -0.39 is 5.97 Å². The number of benzene rings is 1. The Hall–Kier alpha value is -1.52. The maximum Gasteiger partial charge on any atom is 0.352 e. The van der Waals surface area contributed by atoms with Crippen LogP contribution >= 0.6 is 23.2 Å². The molecular weight excluding hydrogens is 291 g/mol. The van der Waals surface area contributed by atoms with E-state index in [4.69, 9.17) is 28.1 Å². The highest BCUT2D eigenvalue weighted by atomic mass is 35.5. The van der Waals surface area contributed by atoms with Gasteiger partial charge in [-0.25, -0.2) is 4.79 Å². The van der Waals surface area contributed by atoms with Gasteiger partial charge in [0, 0.05) is 12.5 Å². The van der Waals surface area contributed by atoms with Gasteiger partial charge in [0.25, 0.3) is 0 Å². The standard InChI is InChI=1S/C13H12Cl2O4/c1-4-7(2)13(17)9-5-6-10(12(15)11(9)14)19-18-8(3)16/h5-6H,2,4H2,1,3H3. The van der Waals surface area contributed by atoms with Crippen molar-refractivity contribution in [3.8, 4) is 5.75 Å². The van der Waals surface area contributed by atoms with Crippen LogP contribution in [-0.2, 0) is 9.68 Å². The van der Waals surface area contributed by atoms with Crippen molar-refractivity contribution in [2.24, 2.45) is 0 Å². The Balaban J connectivity index is 3.07. The minimum atomic E-state index is -0.633. The fourth-order valence-electron chi connectivity index (χ4n) is 1.23. The summed E-state index contributed by atoms with van der Waals surface area (Å²) in [7, 11) is 0. The Kier molecular flexibility index (Phi) is 5.39. The average Bonchev–Trinajstić information content (AvgIpc) is 2.38. The Morgan fingerprint density at radius 2 is 1.89 bits per heavy atom. The molecule has 0 saturated heterocycles. The number of halogens is 2. The minimum Gasteiger partial charge on any atom is -0.289 e. The van der Waals surface area contributed by atoms with E-state index in [0.29, 0.717) is 12.0 Å². The third-order valence-corrected chi connectivity index (χ3v) is 3.15. The van der Waals surface area contributed by atoms with Crippen LogP contribution in [0.25, 0.3) is 0 Å². The fraction of sp³-hybridized carbons (Fsp3) is 0.231. The number of Topliss-reactive ketones (excluding diaryl/α,β-unsaturated/α-hetero) is 1. The van der Waals surface area contributed by atoms with Crippen LogP contribution in [0.15, 0.2) is 24.3 Å². The van der Waals surface area contributed by atoms with Crippen LogP contribution in [0.1, 0.15) is 30.6 Å². The molecule has 102 valence electrons. The Morgan fingerprint density at radius 3 is 2.42 bits per heavy atom. The van der Waals surface area contributed by atoms with Crippen molar-refractivity contribution >= 4 is 35.0 Å². The smallest absolute Gasteiger partial charge is 0.289 e. The van der Waals surface area contributed by atoms with Crippen LogP contribution in [0.3, 0.4) is 0 Å². The summed E-state index contributed by atoms with van der Waals surface area (Å²) < 4.78 is 0. The highest BCUT2D eigenvalue weighted by molar-refractivity contribution is 6.45. The summed E-state index contributed by atoms with van der Waals surface area (Å²) in [6, 6.07) is 2.84. The zero-order valence-electron chi connectivity index (χ0n) is 10.5. The highest BCUT2D eigenvalue weighted by Gasteiger charge is 2.18. The first-order valence-electron chi connectivity index (χ1n) is 5.44. The van der Waals surface area contributed by atoms with Gasteiger partial charge in [0.2, 0.25) is 0 Å². The number of rotatable bonds is 5. The topological polar surface area (TPSA) is 52.6 Å². The van der Waals surface area contributed by atoms with E-state index in [1.54, 1.807) is 0 Å². The van der Waals surface area contributed by atoms with Gasteiger partial charge in [-0.3, -0.25) is 14.6 Å². The molecule has 0 heterocycles. The van der Waals surface area contributed by atoms with Gasteiger partial charge >= 0.3 is 5.97 Å². The Morgan fingerprint density at radius 1 is 1.26 bits per heavy atom. The van der Waals surface area contributed by atoms with Gasteiger partial charge in [0.05, 0.1) is 5.02 Å². The molecule has 0 amide bonds. The summed E-state index contributed by atoms with van der Waals surface area (Å²) in [4.78, 5) is 31.6. The van der Waals surface area contributed by atoms with E-state index in [0.717, 1.165) is 0 Å². The average molecular weight is 303 g/mol. The molecule has 0 N–H and O–H groups in total. The first-order valence-corrected chi connectivity index (χ1v) is 6.19. The van der Waals surface area contributed by atoms with Crippen molar-refractivity contribution in [1.29, 1.82) is 0 Å². The van der Waals surface area contributed by atoms with Crippen LogP contribution in [0.4, 0.5) is 0 Å². The van der Waals surface area contributed by atoms with Crippen LogP contribution < -0.4 is 4.89 Å². The molecule has 0 aliphatic heterocycles. The van der Waals surface area contributed by atoms with Crippen molar-refractivity contribution in [2.45, 2.75) is 20.3 Å². The molecule has 19 heavy (non-hydrogen) atoms. The lowest BCUT2D eigenvalue weighted by atomic mass is 10.0. The first-order chi connectivity index (χ1) is 8.88. The molecule has 0 unspecified atom stereocenters. The van der Waals surface area contributed by atoms with E-state index in [1.165, 1.54) is 19.1 Å². The lowest BCUT2D eigenvalue weighted by Crippen LogP contribution is -2.06. The van der Waals surface area contributed by atoms with Crippen LogP contribution in [0, 0.1) is 0 Å². The summed E-state index contributed by atoms with van der Waals surface area (Å²) in [5.74, 6) is -0.860. The van der Waals surface area contributed by atoms with Crippen molar-refractivity contribution in [3.05, 3.63) is 39.9 Å². The summed E-state index contributed by atoms with van der Waals surface area (Å²) in [6.45, 7) is 6.64. The van der Waals surface area contributed by atoms with E-state index in [2.05, 4.69) is 11.5 Å². The van der Waals surface area contributed by atoms with E-state index in [1.807, 2.05) is 6.92 Å². The second-order valence-corrected chi connectivity index (χ2v) is 4.44. The summed E-state index contributed by atoms with van der Waals surface area (Å²) in [6.07, 6.45) is 0.512. The third-order valence-electron chi connectivity index (χ3n) is 2.29. The lowest BCUT2D eigenvalue weighted by molar-refractivity contribution is -0.210. The normalized spacial score (nSPS) is 9.89. The summed E-state index contributed by atoms with van der Waals surface area (Å²) in [5.41, 5.74) is 0.653. The number of allylic oxidation sites excluding steroid dienone is 1. The summed E-state index contributed by atoms with van der Waals surface area (Å²) >= 11 is 11.9. The van der Waals surface area contributed by atoms with Crippen molar-refractivity contribution in [1.82, 2.24) is 0 Å². The quantitative estimate of drug-likeness (QED) is 0.357. The van der Waals surface area contributed by atoms with Crippen molar-refractivity contribution in [2.75, 3.05) is 0 Å². The molecule has 0 atom stereocenters. The van der Waals surface area contributed by atoms with Crippen molar-refractivity contribution < 1.29 is 19.4 Å². The van der Waals surface area contributed by atoms with Crippen LogP contribution in [-0.4, -0.2) is 11.8 Å². The molecule has 1 rings (SSSR count). The van der Waals surface area contributed by atoms with Gasteiger partial charge in [0.15, 0.2) is 11.5 Å². The third kappa shape index (κ3) is 3.72. The van der Waals surface area contributed by atoms with E-state index in [-0.39, 0.29) is 27.1 Å². The van der Waals surface area contributed by atoms with Gasteiger partial charge < -0.3 is 0 Å². The number of hydrogen-bond acceptors (Lipinski definition) is 4. The number of hydrogen-bond donors (Lipinski definition) is 0. The number of carbonyl (C=O) groups is 2. The van der Waals surface area contributed by atoms with Gasteiger partial charge in [0.1, 0.15) is 5.02 Å². The Bertz CT molecular complexity index is 538. The fourth-order valence-corrected chi connectivity index (χ4v) is 1.66. The second-order valence-electron chi connectivity index (χ2n) is 3.68. The molecule has 0 radical (unpaired) electrons. The molecular formula is C13H12Cl2O4. The van der Waals surface area contributed by atoms with Gasteiger partial charge in [-0.15, -0.1) is 0 Å². The molecule has 0 spiro atoms. The predicted octanol–water partition coefficient (Wildman–Crippen LogP) is 4.00. The van der Waals surface area contributed by atoms with Gasteiger partial charge in [-0.1, -0.05) is 36.7 Å². The number of ketones is 1.